The van der Waals surface area contributed by atoms with E-state index in [9.17, 15) is 9.59 Å². The fourth-order valence-corrected chi connectivity index (χ4v) is 2.97. The fraction of sp³-hybridized carbons (Fsp3) is 0.0556. The third kappa shape index (κ3) is 4.07. The molecule has 6 nitrogen and oxygen atoms in total. The molecule has 0 saturated carbocycles. The normalized spacial score (nSPS) is 16.9. The lowest BCUT2D eigenvalue weighted by molar-refractivity contribution is -0.115. The van der Waals surface area contributed by atoms with Crippen LogP contribution in [0.5, 0.6) is 5.75 Å². The van der Waals surface area contributed by atoms with Crippen LogP contribution in [-0.2, 0) is 4.79 Å². The zero-order chi connectivity index (χ0) is 17.8. The van der Waals surface area contributed by atoms with Gasteiger partial charge in [-0.2, -0.15) is 0 Å². The van der Waals surface area contributed by atoms with Gasteiger partial charge in [-0.15, -0.1) is 0 Å². The van der Waals surface area contributed by atoms with E-state index >= 15 is 0 Å². The van der Waals surface area contributed by atoms with Gasteiger partial charge in [0.1, 0.15) is 5.75 Å². The summed E-state index contributed by atoms with van der Waals surface area (Å²) >= 11 is 1.23. The standard InChI is InChI=1S/C18H14N2O4S/c1-24-14-8-6-13(7-9-14)19-18-20-16(21)15(25-18)10-11-2-4-12(5-3-11)17(22)23/h2-10H,1H3,(H,22,23)(H,19,20,21). The van der Waals surface area contributed by atoms with Crippen LogP contribution in [-0.4, -0.2) is 29.3 Å². The van der Waals surface area contributed by atoms with Crippen molar-refractivity contribution in [2.75, 3.05) is 7.11 Å². The molecular formula is C18H14N2O4S. The molecule has 2 aromatic carbocycles. The Morgan fingerprint density at radius 1 is 1.16 bits per heavy atom. The zero-order valence-corrected chi connectivity index (χ0v) is 14.0. The summed E-state index contributed by atoms with van der Waals surface area (Å²) in [7, 11) is 1.59. The van der Waals surface area contributed by atoms with Crippen molar-refractivity contribution < 1.29 is 19.4 Å². The molecule has 7 heteroatoms. The van der Waals surface area contributed by atoms with E-state index in [0.29, 0.717) is 15.8 Å². The molecule has 1 fully saturated rings. The number of aromatic carboxylic acids is 1. The average molecular weight is 354 g/mol. The van der Waals surface area contributed by atoms with Crippen molar-refractivity contribution in [3.8, 4) is 5.75 Å². The molecule has 0 aliphatic carbocycles. The summed E-state index contributed by atoms with van der Waals surface area (Å²) in [4.78, 5) is 27.8. The maximum Gasteiger partial charge on any atom is 0.335 e. The number of nitrogens with one attached hydrogen (secondary N) is 1. The van der Waals surface area contributed by atoms with Crippen LogP contribution in [0.2, 0.25) is 0 Å². The number of benzene rings is 2. The number of amides is 1. The van der Waals surface area contributed by atoms with Crippen LogP contribution in [0.3, 0.4) is 0 Å². The van der Waals surface area contributed by atoms with E-state index < -0.39 is 5.97 Å². The quantitative estimate of drug-likeness (QED) is 0.823. The number of rotatable bonds is 4. The second-order valence-electron chi connectivity index (χ2n) is 5.11. The lowest BCUT2D eigenvalue weighted by Crippen LogP contribution is -2.19. The SMILES string of the molecule is COc1ccc(N=C2NC(=O)C(=Cc3ccc(C(=O)O)cc3)S2)cc1. The van der Waals surface area contributed by atoms with Crippen LogP contribution >= 0.6 is 11.8 Å². The van der Waals surface area contributed by atoms with Gasteiger partial charge in [0.15, 0.2) is 5.17 Å². The number of carboxylic acid groups (broad SMARTS) is 1. The first-order chi connectivity index (χ1) is 12.0. The molecule has 0 spiro atoms. The van der Waals surface area contributed by atoms with E-state index in [0.717, 1.165) is 11.3 Å². The van der Waals surface area contributed by atoms with Gasteiger partial charge >= 0.3 is 5.97 Å². The summed E-state index contributed by atoms with van der Waals surface area (Å²) in [5.41, 5.74) is 1.65. The number of carbonyl (C=O) groups is 2. The summed E-state index contributed by atoms with van der Waals surface area (Å²) in [6.07, 6.45) is 1.70. The molecule has 0 radical (unpaired) electrons. The lowest BCUT2D eigenvalue weighted by Gasteiger charge is -1.99. The molecule has 126 valence electrons. The maximum absolute atomic E-state index is 12.1. The summed E-state index contributed by atoms with van der Waals surface area (Å²) in [6, 6.07) is 13.5. The van der Waals surface area contributed by atoms with Crippen LogP contribution in [0.1, 0.15) is 15.9 Å². The first kappa shape index (κ1) is 16.8. The van der Waals surface area contributed by atoms with Crippen LogP contribution in [0.4, 0.5) is 5.69 Å². The average Bonchev–Trinajstić information content (AvgIpc) is 2.95. The molecule has 1 aliphatic rings. The number of ether oxygens (including phenoxy) is 1. The van der Waals surface area contributed by atoms with Crippen LogP contribution in [0.25, 0.3) is 6.08 Å². The minimum atomic E-state index is -0.985. The van der Waals surface area contributed by atoms with Crippen LogP contribution in [0.15, 0.2) is 58.4 Å². The molecule has 2 aromatic rings. The monoisotopic (exact) mass is 354 g/mol. The summed E-state index contributed by atoms with van der Waals surface area (Å²) in [5.74, 6) is -0.488. The van der Waals surface area contributed by atoms with Gasteiger partial charge in [-0.3, -0.25) is 4.79 Å². The van der Waals surface area contributed by atoms with Gasteiger partial charge in [-0.05, 0) is 59.8 Å². The van der Waals surface area contributed by atoms with Gasteiger partial charge in [0, 0.05) is 0 Å². The molecule has 0 atom stereocenters. The smallest absolute Gasteiger partial charge is 0.335 e. The molecule has 0 bridgehead atoms. The van der Waals surface area contributed by atoms with E-state index in [4.69, 9.17) is 9.84 Å². The number of hydrogen-bond acceptors (Lipinski definition) is 5. The number of thioether (sulfide) groups is 1. The van der Waals surface area contributed by atoms with Gasteiger partial charge in [0.05, 0.1) is 23.3 Å². The number of amidine groups is 1. The topological polar surface area (TPSA) is 88.0 Å². The molecular weight excluding hydrogens is 340 g/mol. The van der Waals surface area contributed by atoms with Gasteiger partial charge in [0.25, 0.3) is 5.91 Å². The number of aliphatic imine (C=N–C) groups is 1. The number of carboxylic acids is 1. The number of nitrogens with zero attached hydrogens (tertiary/aromatic N) is 1. The van der Waals surface area contributed by atoms with E-state index in [2.05, 4.69) is 10.3 Å². The second-order valence-corrected chi connectivity index (χ2v) is 6.14. The molecule has 25 heavy (non-hydrogen) atoms. The minimum absolute atomic E-state index is 0.201. The highest BCUT2D eigenvalue weighted by Crippen LogP contribution is 2.28. The molecule has 2 N–H and O–H groups in total. The van der Waals surface area contributed by atoms with Gasteiger partial charge in [-0.1, -0.05) is 12.1 Å². The van der Waals surface area contributed by atoms with Crippen LogP contribution < -0.4 is 10.1 Å². The lowest BCUT2D eigenvalue weighted by atomic mass is 10.1. The second kappa shape index (κ2) is 7.23. The van der Waals surface area contributed by atoms with Crippen molar-refractivity contribution in [2.24, 2.45) is 4.99 Å². The minimum Gasteiger partial charge on any atom is -0.497 e. The molecule has 1 saturated heterocycles. The molecule has 1 aliphatic heterocycles. The summed E-state index contributed by atoms with van der Waals surface area (Å²) in [5, 5.41) is 12.1. The highest BCUT2D eigenvalue weighted by Gasteiger charge is 2.23. The van der Waals surface area contributed by atoms with Crippen molar-refractivity contribution in [1.82, 2.24) is 5.32 Å². The molecule has 1 heterocycles. The largest absolute Gasteiger partial charge is 0.497 e. The Balaban J connectivity index is 1.77. The van der Waals surface area contributed by atoms with Crippen molar-refractivity contribution in [1.29, 1.82) is 0 Å². The van der Waals surface area contributed by atoms with E-state index in [1.165, 1.54) is 23.9 Å². The number of carbonyl (C=O) groups excluding carboxylic acids is 1. The Morgan fingerprint density at radius 2 is 1.84 bits per heavy atom. The summed E-state index contributed by atoms with van der Waals surface area (Å²) in [6.45, 7) is 0. The van der Waals surface area contributed by atoms with Crippen LogP contribution in [0, 0.1) is 0 Å². The molecule has 0 unspecified atom stereocenters. The van der Waals surface area contributed by atoms with Crippen molar-refractivity contribution in [3.63, 3.8) is 0 Å². The maximum atomic E-state index is 12.1. The Morgan fingerprint density at radius 3 is 2.44 bits per heavy atom. The van der Waals surface area contributed by atoms with E-state index in [1.807, 2.05) is 0 Å². The predicted octanol–water partition coefficient (Wildman–Crippen LogP) is 3.29. The highest BCUT2D eigenvalue weighted by atomic mass is 32.2. The van der Waals surface area contributed by atoms with Crippen molar-refractivity contribution >= 4 is 40.6 Å². The van der Waals surface area contributed by atoms with E-state index in [-0.39, 0.29) is 11.5 Å². The third-order valence-corrected chi connectivity index (χ3v) is 4.32. The first-order valence-corrected chi connectivity index (χ1v) is 8.14. The first-order valence-electron chi connectivity index (χ1n) is 7.32. The Hall–Kier alpha value is -3.06. The Kier molecular flexibility index (Phi) is 4.85. The van der Waals surface area contributed by atoms with Crippen molar-refractivity contribution in [3.05, 3.63) is 64.6 Å². The fourth-order valence-electron chi connectivity index (χ4n) is 2.13. The molecule has 0 aromatic heterocycles. The van der Waals surface area contributed by atoms with Crippen molar-refractivity contribution in [2.45, 2.75) is 0 Å². The number of methoxy groups -OCH3 is 1. The zero-order valence-electron chi connectivity index (χ0n) is 13.2. The van der Waals surface area contributed by atoms with Gasteiger partial charge < -0.3 is 15.2 Å². The van der Waals surface area contributed by atoms with E-state index in [1.54, 1.807) is 49.6 Å². The third-order valence-electron chi connectivity index (χ3n) is 3.41. The highest BCUT2D eigenvalue weighted by molar-refractivity contribution is 8.18. The molecule has 1 amide bonds. The number of hydrogen-bond donors (Lipinski definition) is 2. The summed E-state index contributed by atoms with van der Waals surface area (Å²) < 4.78 is 5.09. The van der Waals surface area contributed by atoms with Gasteiger partial charge in [-0.25, -0.2) is 9.79 Å². The Labute approximate surface area is 148 Å². The molecule has 3 rings (SSSR count). The Bertz CT molecular complexity index is 871. The predicted molar refractivity (Wildman–Crippen MR) is 97.2 cm³/mol. The van der Waals surface area contributed by atoms with Gasteiger partial charge in [0.2, 0.25) is 0 Å².